The quantitative estimate of drug-likeness (QED) is 0.474. The van der Waals surface area contributed by atoms with Gasteiger partial charge in [-0.25, -0.2) is 0 Å². The summed E-state index contributed by atoms with van der Waals surface area (Å²) in [6.07, 6.45) is -3.98. The van der Waals surface area contributed by atoms with Gasteiger partial charge in [-0.15, -0.1) is 0 Å². The van der Waals surface area contributed by atoms with Gasteiger partial charge in [0.2, 0.25) is 0 Å². The molecule has 2 aromatic rings. The zero-order valence-electron chi connectivity index (χ0n) is 16.2. The highest BCUT2D eigenvalue weighted by Crippen LogP contribution is 2.39. The number of aliphatic hydroxyl groups is 1. The number of alkyl halides is 3. The zero-order chi connectivity index (χ0) is 21.6. The Morgan fingerprint density at radius 2 is 1.83 bits per heavy atom. The van der Waals surface area contributed by atoms with Crippen molar-refractivity contribution in [2.24, 2.45) is 5.41 Å². The van der Waals surface area contributed by atoms with Crippen molar-refractivity contribution in [2.75, 3.05) is 0 Å². The summed E-state index contributed by atoms with van der Waals surface area (Å²) in [4.78, 5) is 29.0. The molecule has 0 unspecified atom stereocenters. The molecule has 1 fully saturated rings. The Labute approximate surface area is 165 Å². The molecule has 0 atom stereocenters. The van der Waals surface area contributed by atoms with Crippen molar-refractivity contribution in [1.82, 2.24) is 14.8 Å². The van der Waals surface area contributed by atoms with Crippen LogP contribution >= 0.6 is 0 Å². The molecule has 2 heterocycles. The predicted molar refractivity (Wildman–Crippen MR) is 97.9 cm³/mol. The molecule has 29 heavy (non-hydrogen) atoms. The Balaban J connectivity index is 2.07. The number of rotatable bonds is 3. The number of hydrogen-bond acceptors (Lipinski definition) is 5. The lowest BCUT2D eigenvalue weighted by Crippen LogP contribution is -2.32. The number of Topliss-reactive ketones (excluding diaryl/α,β-unsaturated/α-hetero) is 2. The molecule has 0 aliphatic heterocycles. The highest BCUT2D eigenvalue weighted by atomic mass is 19.4. The van der Waals surface area contributed by atoms with Gasteiger partial charge in [0.25, 0.3) is 0 Å². The Morgan fingerprint density at radius 3 is 2.38 bits per heavy atom. The van der Waals surface area contributed by atoms with Crippen LogP contribution in [-0.2, 0) is 22.3 Å². The third kappa shape index (κ3) is 4.38. The Kier molecular flexibility index (Phi) is 5.10. The number of ketones is 2. The first-order valence-corrected chi connectivity index (χ1v) is 8.94. The molecule has 0 aromatic carbocycles. The van der Waals surface area contributed by atoms with E-state index < -0.39 is 45.7 Å². The van der Waals surface area contributed by atoms with Crippen molar-refractivity contribution < 1.29 is 27.9 Å². The summed E-state index contributed by atoms with van der Waals surface area (Å²) in [5.74, 6) is -2.33. The average Bonchev–Trinajstić information content (AvgIpc) is 2.97. The van der Waals surface area contributed by atoms with Crippen molar-refractivity contribution in [3.05, 3.63) is 52.6 Å². The fraction of sp³-hybridized carbons (Fsp3) is 0.400. The number of carbonyl (C=O) groups excluding carboxylic acids is 2. The summed E-state index contributed by atoms with van der Waals surface area (Å²) in [5, 5.41) is 14.0. The monoisotopic (exact) mass is 407 g/mol. The first-order valence-electron chi connectivity index (χ1n) is 8.94. The third-order valence-corrected chi connectivity index (χ3v) is 4.63. The maximum atomic E-state index is 13.5. The molecular weight excluding hydrogens is 387 g/mol. The van der Waals surface area contributed by atoms with E-state index in [1.165, 1.54) is 0 Å². The van der Waals surface area contributed by atoms with Crippen LogP contribution in [0.15, 0.2) is 30.0 Å². The summed E-state index contributed by atoms with van der Waals surface area (Å²) in [6, 6.07) is 5.10. The van der Waals surface area contributed by atoms with Crippen LogP contribution in [0.2, 0.25) is 0 Å². The van der Waals surface area contributed by atoms with E-state index in [0.29, 0.717) is 11.4 Å². The lowest BCUT2D eigenvalue weighted by Gasteiger charge is -2.28. The maximum absolute atomic E-state index is 13.5. The molecule has 3 rings (SSSR count). The first-order chi connectivity index (χ1) is 13.4. The van der Waals surface area contributed by atoms with Crippen LogP contribution in [0.4, 0.5) is 13.2 Å². The van der Waals surface area contributed by atoms with Crippen molar-refractivity contribution in [1.29, 1.82) is 0 Å². The van der Waals surface area contributed by atoms with E-state index in [4.69, 9.17) is 0 Å². The fourth-order valence-corrected chi connectivity index (χ4v) is 3.40. The van der Waals surface area contributed by atoms with Gasteiger partial charge >= 0.3 is 6.18 Å². The molecular formula is C20H20F3N3O3. The molecule has 1 aliphatic carbocycles. The molecule has 0 amide bonds. The van der Waals surface area contributed by atoms with Crippen LogP contribution in [0, 0.1) is 12.3 Å². The number of aromatic nitrogens is 3. The summed E-state index contributed by atoms with van der Waals surface area (Å²) in [7, 11) is 0. The second-order valence-electron chi connectivity index (χ2n) is 7.94. The molecule has 1 aliphatic rings. The van der Waals surface area contributed by atoms with E-state index in [1.54, 1.807) is 39.0 Å². The molecule has 6 nitrogen and oxygen atoms in total. The normalized spacial score (nSPS) is 17.0. The van der Waals surface area contributed by atoms with Gasteiger partial charge in [0.1, 0.15) is 11.3 Å². The Hall–Kier alpha value is -2.97. The van der Waals surface area contributed by atoms with Crippen LogP contribution in [0.5, 0.6) is 0 Å². The second-order valence-corrected chi connectivity index (χ2v) is 7.94. The summed E-state index contributed by atoms with van der Waals surface area (Å²) in [6.45, 7) is 5.11. The lowest BCUT2D eigenvalue weighted by molar-refractivity contribution is -0.142. The minimum atomic E-state index is -4.88. The maximum Gasteiger partial charge on any atom is 0.435 e. The predicted octanol–water partition coefficient (Wildman–Crippen LogP) is 3.88. The molecule has 0 radical (unpaired) electrons. The van der Waals surface area contributed by atoms with E-state index in [1.807, 2.05) is 0 Å². The molecule has 1 saturated carbocycles. The van der Waals surface area contributed by atoms with Gasteiger partial charge in [0, 0.05) is 24.7 Å². The number of aryl methyl sites for hydroxylation is 1. The van der Waals surface area contributed by atoms with Crippen LogP contribution in [0.1, 0.15) is 49.3 Å². The van der Waals surface area contributed by atoms with Gasteiger partial charge in [-0.1, -0.05) is 19.9 Å². The highest BCUT2D eigenvalue weighted by Gasteiger charge is 2.42. The Morgan fingerprint density at radius 1 is 1.21 bits per heavy atom. The molecule has 2 aromatic heterocycles. The van der Waals surface area contributed by atoms with Crippen molar-refractivity contribution >= 4 is 17.3 Å². The molecule has 9 heteroatoms. The van der Waals surface area contributed by atoms with E-state index in [2.05, 4.69) is 10.1 Å². The molecule has 154 valence electrons. The van der Waals surface area contributed by atoms with Crippen LogP contribution < -0.4 is 0 Å². The first kappa shape index (κ1) is 20.8. The number of pyridine rings is 1. The van der Waals surface area contributed by atoms with Gasteiger partial charge in [0.15, 0.2) is 17.3 Å². The molecule has 0 saturated heterocycles. The topological polar surface area (TPSA) is 85.1 Å². The fourth-order valence-electron chi connectivity index (χ4n) is 3.40. The Bertz CT molecular complexity index is 997. The number of aliphatic hydroxyl groups excluding tert-OH is 1. The summed E-state index contributed by atoms with van der Waals surface area (Å²) < 4.78 is 41.5. The van der Waals surface area contributed by atoms with Crippen LogP contribution in [-0.4, -0.2) is 31.4 Å². The highest BCUT2D eigenvalue weighted by molar-refractivity contribution is 6.26. The number of nitrogens with zero attached hydrogens (tertiary/aromatic N) is 3. The number of halogens is 3. The van der Waals surface area contributed by atoms with E-state index in [-0.39, 0.29) is 19.4 Å². The van der Waals surface area contributed by atoms with E-state index in [0.717, 1.165) is 10.9 Å². The van der Waals surface area contributed by atoms with Crippen LogP contribution in [0.3, 0.4) is 0 Å². The van der Waals surface area contributed by atoms with Crippen molar-refractivity contribution in [3.63, 3.8) is 0 Å². The zero-order valence-corrected chi connectivity index (χ0v) is 16.2. The van der Waals surface area contributed by atoms with E-state index in [9.17, 15) is 27.9 Å². The van der Waals surface area contributed by atoms with Gasteiger partial charge < -0.3 is 5.11 Å². The number of hydrogen-bond donors (Lipinski definition) is 1. The summed E-state index contributed by atoms with van der Waals surface area (Å²) in [5.41, 5.74) is -2.08. The molecule has 0 bridgehead atoms. The molecule has 0 spiro atoms. The van der Waals surface area contributed by atoms with Gasteiger partial charge in [-0.05, 0) is 24.5 Å². The third-order valence-electron chi connectivity index (χ3n) is 4.63. The minimum Gasteiger partial charge on any atom is -0.506 e. The minimum absolute atomic E-state index is 0.0408. The van der Waals surface area contributed by atoms with Gasteiger partial charge in [0.05, 0.1) is 17.8 Å². The van der Waals surface area contributed by atoms with E-state index >= 15 is 0 Å². The number of carbonyl (C=O) groups is 2. The summed E-state index contributed by atoms with van der Waals surface area (Å²) >= 11 is 0. The van der Waals surface area contributed by atoms with Gasteiger partial charge in [-0.2, -0.15) is 18.3 Å². The number of allylic oxidation sites excluding steroid dienone is 1. The smallest absolute Gasteiger partial charge is 0.435 e. The average molecular weight is 407 g/mol. The van der Waals surface area contributed by atoms with Gasteiger partial charge in [-0.3, -0.25) is 19.3 Å². The van der Waals surface area contributed by atoms with Crippen molar-refractivity contribution in [2.45, 2.75) is 46.3 Å². The van der Waals surface area contributed by atoms with Crippen molar-refractivity contribution in [3.8, 4) is 0 Å². The largest absolute Gasteiger partial charge is 0.506 e. The second kappa shape index (κ2) is 7.13. The molecule has 1 N–H and O–H groups in total. The SMILES string of the molecule is Cc1cccc(Cn2cc(C(O)=C3C(=O)CC(C)(C)CC3=O)c(C(F)(F)F)n2)n1. The lowest BCUT2D eigenvalue weighted by atomic mass is 9.73. The standard InChI is InChI=1S/C20H20F3N3O3/c1-11-5-4-6-12(24-11)9-26-10-13(18(25-26)20(21,22)23)17(29)16-14(27)7-19(2,3)8-15(16)28/h4-6,10,29H,7-9H2,1-3H3. The van der Waals surface area contributed by atoms with Crippen LogP contribution in [0.25, 0.3) is 5.76 Å².